The molecule has 0 fully saturated rings. The van der Waals surface area contributed by atoms with Crippen molar-refractivity contribution in [3.8, 4) is 5.75 Å². The number of pyridine rings is 1. The summed E-state index contributed by atoms with van der Waals surface area (Å²) >= 11 is 0. The van der Waals surface area contributed by atoms with E-state index in [-0.39, 0.29) is 11.5 Å². The highest BCUT2D eigenvalue weighted by molar-refractivity contribution is 5.94. The smallest absolute Gasteiger partial charge is 0.251 e. The Morgan fingerprint density at radius 2 is 2.17 bits per heavy atom. The van der Waals surface area contributed by atoms with Crippen LogP contribution < -0.4 is 15.6 Å². The Balaban J connectivity index is 1.64. The number of H-pyrrole nitrogens is 1. The van der Waals surface area contributed by atoms with Crippen molar-refractivity contribution in [3.63, 3.8) is 0 Å². The number of carbonyl (C=O) groups is 1. The third kappa shape index (κ3) is 3.85. The second-order valence-electron chi connectivity index (χ2n) is 6.14. The largest absolute Gasteiger partial charge is 0.493 e. The molecule has 5 nitrogen and oxygen atoms in total. The fourth-order valence-corrected chi connectivity index (χ4v) is 3.00. The van der Waals surface area contributed by atoms with E-state index in [1.165, 1.54) is 11.6 Å². The molecule has 5 heteroatoms. The van der Waals surface area contributed by atoms with Crippen LogP contribution in [-0.2, 0) is 12.8 Å². The van der Waals surface area contributed by atoms with Crippen LogP contribution in [0.3, 0.4) is 0 Å². The summed E-state index contributed by atoms with van der Waals surface area (Å²) in [6.45, 7) is 3.17. The van der Waals surface area contributed by atoms with Crippen LogP contribution in [0.4, 0.5) is 0 Å². The predicted octanol–water partition coefficient (Wildman–Crippen LogP) is 2.31. The Kier molecular flexibility index (Phi) is 4.99. The Bertz CT molecular complexity index is 782. The summed E-state index contributed by atoms with van der Waals surface area (Å²) in [5.74, 6) is 1.06. The van der Waals surface area contributed by atoms with E-state index < -0.39 is 0 Å². The molecule has 24 heavy (non-hydrogen) atoms. The highest BCUT2D eigenvalue weighted by atomic mass is 16.5. The molecule has 1 aliphatic rings. The molecule has 2 aromatic rings. The molecule has 1 amide bonds. The fraction of sp³-hybridized carbons (Fsp3) is 0.368. The van der Waals surface area contributed by atoms with Crippen LogP contribution in [0.25, 0.3) is 0 Å². The molecule has 1 aromatic carbocycles. The van der Waals surface area contributed by atoms with Gasteiger partial charge in [0.25, 0.3) is 5.91 Å². The Morgan fingerprint density at radius 1 is 1.33 bits per heavy atom. The number of amides is 1. The van der Waals surface area contributed by atoms with E-state index in [1.54, 1.807) is 6.07 Å². The van der Waals surface area contributed by atoms with Crippen molar-refractivity contribution in [2.75, 3.05) is 13.2 Å². The minimum absolute atomic E-state index is 0.200. The number of aromatic nitrogens is 1. The van der Waals surface area contributed by atoms with E-state index in [0.717, 1.165) is 24.3 Å². The summed E-state index contributed by atoms with van der Waals surface area (Å²) in [5.41, 5.74) is 2.13. The number of benzene rings is 1. The molecule has 0 aliphatic carbocycles. The Labute approximate surface area is 141 Å². The molecule has 2 heterocycles. The van der Waals surface area contributed by atoms with Gasteiger partial charge in [0.05, 0.1) is 6.61 Å². The van der Waals surface area contributed by atoms with Crippen LogP contribution in [0.2, 0.25) is 0 Å². The third-order valence-corrected chi connectivity index (χ3v) is 4.36. The molecule has 1 aromatic heterocycles. The molecular formula is C19H22N2O3. The molecule has 0 saturated carbocycles. The SMILES string of the molecule is CCc1cc(C(=O)NCC2CCOc3ccccc3C2)cc(=O)[nH]1. The van der Waals surface area contributed by atoms with Crippen LogP contribution in [0, 0.1) is 5.92 Å². The molecule has 2 N–H and O–H groups in total. The summed E-state index contributed by atoms with van der Waals surface area (Å²) in [6, 6.07) is 11.1. The van der Waals surface area contributed by atoms with E-state index in [9.17, 15) is 9.59 Å². The molecule has 0 radical (unpaired) electrons. The van der Waals surface area contributed by atoms with Crippen molar-refractivity contribution in [3.05, 3.63) is 63.6 Å². The first kappa shape index (κ1) is 16.3. The summed E-state index contributed by atoms with van der Waals surface area (Å²) in [6.07, 6.45) is 2.46. The number of aryl methyl sites for hydroxylation is 1. The average Bonchev–Trinajstić information content (AvgIpc) is 2.80. The maximum atomic E-state index is 12.3. The molecule has 1 aliphatic heterocycles. The number of rotatable bonds is 4. The number of aromatic amines is 1. The average molecular weight is 326 g/mol. The fourth-order valence-electron chi connectivity index (χ4n) is 3.00. The molecule has 0 saturated heterocycles. The van der Waals surface area contributed by atoms with Crippen molar-refractivity contribution in [1.82, 2.24) is 10.3 Å². The van der Waals surface area contributed by atoms with Crippen molar-refractivity contribution in [2.24, 2.45) is 5.92 Å². The lowest BCUT2D eigenvalue weighted by Crippen LogP contribution is -2.31. The zero-order valence-corrected chi connectivity index (χ0v) is 13.8. The number of para-hydroxylation sites is 1. The van der Waals surface area contributed by atoms with E-state index in [0.29, 0.717) is 31.1 Å². The molecule has 0 spiro atoms. The van der Waals surface area contributed by atoms with Gasteiger partial charge in [-0.25, -0.2) is 0 Å². The predicted molar refractivity (Wildman–Crippen MR) is 92.5 cm³/mol. The van der Waals surface area contributed by atoms with Gasteiger partial charge in [0.2, 0.25) is 5.56 Å². The number of fused-ring (bicyclic) bond motifs is 1. The summed E-state index contributed by atoms with van der Waals surface area (Å²) in [7, 11) is 0. The van der Waals surface area contributed by atoms with Gasteiger partial charge in [-0.3, -0.25) is 9.59 Å². The Hall–Kier alpha value is -2.56. The number of ether oxygens (including phenoxy) is 1. The van der Waals surface area contributed by atoms with Gasteiger partial charge in [0.1, 0.15) is 5.75 Å². The van der Waals surface area contributed by atoms with E-state index in [1.807, 2.05) is 25.1 Å². The normalized spacial score (nSPS) is 16.6. The van der Waals surface area contributed by atoms with Gasteiger partial charge in [-0.15, -0.1) is 0 Å². The minimum atomic E-state index is -0.240. The van der Waals surface area contributed by atoms with Gasteiger partial charge in [-0.2, -0.15) is 0 Å². The first-order valence-corrected chi connectivity index (χ1v) is 8.38. The highest BCUT2D eigenvalue weighted by Gasteiger charge is 2.18. The van der Waals surface area contributed by atoms with Gasteiger partial charge in [-0.1, -0.05) is 25.1 Å². The van der Waals surface area contributed by atoms with Gasteiger partial charge < -0.3 is 15.0 Å². The quantitative estimate of drug-likeness (QED) is 0.906. The summed E-state index contributed by atoms with van der Waals surface area (Å²) in [5, 5.41) is 2.96. The van der Waals surface area contributed by atoms with Gasteiger partial charge >= 0.3 is 0 Å². The Morgan fingerprint density at radius 3 is 3.00 bits per heavy atom. The first-order valence-electron chi connectivity index (χ1n) is 8.38. The monoisotopic (exact) mass is 326 g/mol. The van der Waals surface area contributed by atoms with Crippen molar-refractivity contribution >= 4 is 5.91 Å². The summed E-state index contributed by atoms with van der Waals surface area (Å²) in [4.78, 5) is 26.7. The zero-order valence-electron chi connectivity index (χ0n) is 13.8. The molecule has 0 bridgehead atoms. The van der Waals surface area contributed by atoms with Crippen molar-refractivity contribution < 1.29 is 9.53 Å². The minimum Gasteiger partial charge on any atom is -0.493 e. The number of hydrogen-bond donors (Lipinski definition) is 2. The molecular weight excluding hydrogens is 304 g/mol. The maximum absolute atomic E-state index is 12.3. The summed E-state index contributed by atoms with van der Waals surface area (Å²) < 4.78 is 5.76. The van der Waals surface area contributed by atoms with Crippen molar-refractivity contribution in [2.45, 2.75) is 26.2 Å². The van der Waals surface area contributed by atoms with Gasteiger partial charge in [0, 0.05) is 23.9 Å². The maximum Gasteiger partial charge on any atom is 0.251 e. The van der Waals surface area contributed by atoms with Crippen LogP contribution in [0.15, 0.2) is 41.2 Å². The third-order valence-electron chi connectivity index (χ3n) is 4.36. The van der Waals surface area contributed by atoms with Crippen LogP contribution in [0.1, 0.15) is 35.0 Å². The van der Waals surface area contributed by atoms with E-state index in [4.69, 9.17) is 4.74 Å². The van der Waals surface area contributed by atoms with Gasteiger partial charge in [-0.05, 0) is 42.9 Å². The first-order chi connectivity index (χ1) is 11.7. The van der Waals surface area contributed by atoms with Crippen LogP contribution in [-0.4, -0.2) is 24.0 Å². The van der Waals surface area contributed by atoms with Crippen LogP contribution >= 0.6 is 0 Å². The topological polar surface area (TPSA) is 71.2 Å². The number of hydrogen-bond acceptors (Lipinski definition) is 3. The van der Waals surface area contributed by atoms with E-state index >= 15 is 0 Å². The lowest BCUT2D eigenvalue weighted by atomic mass is 9.97. The lowest BCUT2D eigenvalue weighted by molar-refractivity contribution is 0.0945. The van der Waals surface area contributed by atoms with Crippen LogP contribution in [0.5, 0.6) is 5.75 Å². The second-order valence-corrected chi connectivity index (χ2v) is 6.14. The highest BCUT2D eigenvalue weighted by Crippen LogP contribution is 2.26. The zero-order chi connectivity index (χ0) is 16.9. The van der Waals surface area contributed by atoms with Crippen molar-refractivity contribution in [1.29, 1.82) is 0 Å². The standard InChI is InChI=1S/C19H22N2O3/c1-2-16-10-15(11-18(22)21-16)19(23)20-12-13-7-8-24-17-6-4-3-5-14(17)9-13/h3-6,10-11,13H,2,7-9,12H2,1H3,(H,20,23)(H,21,22). The molecule has 1 atom stereocenters. The number of carbonyl (C=O) groups excluding carboxylic acids is 1. The lowest BCUT2D eigenvalue weighted by Gasteiger charge is -2.14. The van der Waals surface area contributed by atoms with Gasteiger partial charge in [0.15, 0.2) is 0 Å². The molecule has 3 rings (SSSR count). The number of nitrogens with one attached hydrogen (secondary N) is 2. The second kappa shape index (κ2) is 7.34. The van der Waals surface area contributed by atoms with E-state index in [2.05, 4.69) is 16.4 Å². The molecule has 1 unspecified atom stereocenters. The molecule has 126 valence electrons.